The monoisotopic (exact) mass is 543 g/mol. The molecule has 5 atom stereocenters. The van der Waals surface area contributed by atoms with Crippen LogP contribution in [0.1, 0.15) is 62.1 Å². The van der Waals surface area contributed by atoms with Crippen molar-refractivity contribution in [3.63, 3.8) is 0 Å². The summed E-state index contributed by atoms with van der Waals surface area (Å²) in [5.74, 6) is -4.74. The van der Waals surface area contributed by atoms with Gasteiger partial charge in [0.25, 0.3) is 0 Å². The number of anilines is 1. The van der Waals surface area contributed by atoms with Gasteiger partial charge in [-0.1, -0.05) is 19.8 Å². The summed E-state index contributed by atoms with van der Waals surface area (Å²) in [6.07, 6.45) is 2.69. The molecule has 3 aliphatic rings. The number of fused-ring (bicyclic) bond motifs is 3. The fraction of sp³-hybridized carbons (Fsp3) is 0.621. The summed E-state index contributed by atoms with van der Waals surface area (Å²) in [7, 11) is 7.04. The number of unbranched alkanes of at least 4 members (excludes halogenated alkanes) is 2. The number of rotatable bonds is 8. The lowest BCUT2D eigenvalue weighted by Gasteiger charge is -2.56. The van der Waals surface area contributed by atoms with Gasteiger partial charge < -0.3 is 36.0 Å². The number of ketones is 2. The van der Waals surface area contributed by atoms with Crippen molar-refractivity contribution in [3.05, 3.63) is 28.3 Å². The zero-order valence-corrected chi connectivity index (χ0v) is 23.5. The Morgan fingerprint density at radius 1 is 1.13 bits per heavy atom. The second kappa shape index (κ2) is 10.2. The van der Waals surface area contributed by atoms with Crippen LogP contribution in [0.4, 0.5) is 5.69 Å². The van der Waals surface area contributed by atoms with E-state index in [9.17, 15) is 34.8 Å². The van der Waals surface area contributed by atoms with E-state index in [1.54, 1.807) is 19.0 Å². The van der Waals surface area contributed by atoms with E-state index in [0.29, 0.717) is 17.5 Å². The molecule has 10 nitrogen and oxygen atoms in total. The minimum atomic E-state index is -2.49. The maximum absolute atomic E-state index is 14.0. The normalized spacial score (nSPS) is 30.2. The number of aryl methyl sites for hydroxylation is 1. The Hall–Kier alpha value is -2.95. The molecule has 0 radical (unpaired) electrons. The Balaban J connectivity index is 1.88. The van der Waals surface area contributed by atoms with Crippen LogP contribution in [-0.4, -0.2) is 88.2 Å². The lowest BCUT2D eigenvalue weighted by molar-refractivity contribution is -0.189. The third kappa shape index (κ3) is 4.52. The molecule has 0 aromatic heterocycles. The van der Waals surface area contributed by atoms with Crippen LogP contribution in [0.2, 0.25) is 0 Å². The summed E-state index contributed by atoms with van der Waals surface area (Å²) in [5.41, 5.74) is 3.30. The molecule has 0 aliphatic heterocycles. The van der Waals surface area contributed by atoms with Crippen LogP contribution in [0.15, 0.2) is 11.6 Å². The van der Waals surface area contributed by atoms with Crippen molar-refractivity contribution in [2.24, 2.45) is 17.6 Å². The minimum absolute atomic E-state index is 0.0711. The quantitative estimate of drug-likeness (QED) is 0.241. The molecule has 39 heavy (non-hydrogen) atoms. The van der Waals surface area contributed by atoms with Gasteiger partial charge in [0, 0.05) is 43.7 Å². The van der Waals surface area contributed by atoms with Gasteiger partial charge >= 0.3 is 0 Å². The van der Waals surface area contributed by atoms with Crippen molar-refractivity contribution in [3.8, 4) is 5.75 Å². The van der Waals surface area contributed by atoms with Crippen LogP contribution in [0.5, 0.6) is 5.75 Å². The summed E-state index contributed by atoms with van der Waals surface area (Å²) in [4.78, 5) is 42.8. The second-order valence-corrected chi connectivity index (χ2v) is 12.0. The molecule has 3 aliphatic carbocycles. The van der Waals surface area contributed by atoms with E-state index in [1.165, 1.54) is 0 Å². The Morgan fingerprint density at radius 3 is 2.36 bits per heavy atom. The first-order chi connectivity index (χ1) is 18.2. The number of primary amides is 1. The molecule has 0 spiro atoms. The van der Waals surface area contributed by atoms with E-state index < -0.39 is 65.2 Å². The molecule has 1 amide bonds. The number of hydrogen-bond donors (Lipinski definition) is 5. The molecule has 4 rings (SSSR count). The highest BCUT2D eigenvalue weighted by atomic mass is 16.3. The molecule has 1 aromatic carbocycles. The van der Waals surface area contributed by atoms with Crippen LogP contribution >= 0.6 is 0 Å². The molecule has 2 fully saturated rings. The van der Waals surface area contributed by atoms with E-state index in [4.69, 9.17) is 5.73 Å². The van der Waals surface area contributed by atoms with Gasteiger partial charge in [-0.05, 0) is 62.9 Å². The smallest absolute Gasteiger partial charge is 0.220 e. The van der Waals surface area contributed by atoms with Crippen molar-refractivity contribution in [1.82, 2.24) is 4.90 Å². The fourth-order valence-corrected chi connectivity index (χ4v) is 7.28. The highest BCUT2D eigenvalue weighted by Crippen LogP contribution is 2.54. The number of carbonyl (C=O) groups excluding carboxylic acids is 3. The van der Waals surface area contributed by atoms with Crippen LogP contribution in [0.25, 0.3) is 5.76 Å². The summed E-state index contributed by atoms with van der Waals surface area (Å²) >= 11 is 0. The zero-order chi connectivity index (χ0) is 29.0. The number of phenolic OH excluding ortho intramolecular Hbond substituents is 1. The standard InChI is InChI=1S/C29H41N3O7/c1-6-7-8-9-15-12-19(31(2)3)17-10-16-11-18-26(32(4)5)28(38,14-21(30)34)13-20(33)29(18,39)27(37)22(16)25(36)23(17)24(15)35/h12,16,18,26,35-36,38-39H,6-11,13-14H2,1-5H3,(H2,30,34)/t16-,18-,26-,28?,29+/m0/s1. The Bertz CT molecular complexity index is 1240. The van der Waals surface area contributed by atoms with Gasteiger partial charge in [-0.15, -0.1) is 0 Å². The highest BCUT2D eigenvalue weighted by Gasteiger charge is 2.67. The number of aliphatic hydroxyl groups excluding tert-OH is 1. The van der Waals surface area contributed by atoms with Gasteiger partial charge in [-0.2, -0.15) is 0 Å². The SMILES string of the molecule is CCCCCc1cc(N(C)C)c2c(c1O)C(O)=C1C(=O)[C@]3(O)C(=O)CC(O)(CC(N)=O)[C@@H](N(C)C)[C@@H]3C[C@@H]1C2. The number of benzene rings is 1. The van der Waals surface area contributed by atoms with Gasteiger partial charge in [0.1, 0.15) is 11.5 Å². The molecule has 214 valence electrons. The predicted molar refractivity (Wildman–Crippen MR) is 146 cm³/mol. The third-order valence-corrected chi connectivity index (χ3v) is 8.87. The molecule has 1 unspecified atom stereocenters. The molecule has 6 N–H and O–H groups in total. The zero-order valence-electron chi connectivity index (χ0n) is 23.5. The maximum Gasteiger partial charge on any atom is 0.220 e. The van der Waals surface area contributed by atoms with Gasteiger partial charge in [0.15, 0.2) is 11.4 Å². The summed E-state index contributed by atoms with van der Waals surface area (Å²) in [6.45, 7) is 2.09. The summed E-state index contributed by atoms with van der Waals surface area (Å²) < 4.78 is 0. The summed E-state index contributed by atoms with van der Waals surface area (Å²) in [5, 5.41) is 46.0. The Morgan fingerprint density at radius 2 is 1.79 bits per heavy atom. The van der Waals surface area contributed by atoms with Crippen molar-refractivity contribution in [2.75, 3.05) is 33.1 Å². The van der Waals surface area contributed by atoms with Gasteiger partial charge in [0.05, 0.1) is 17.6 Å². The fourth-order valence-electron chi connectivity index (χ4n) is 7.28. The number of nitrogens with two attached hydrogens (primary N) is 1. The van der Waals surface area contributed by atoms with Gasteiger partial charge in [-0.25, -0.2) is 0 Å². The van der Waals surface area contributed by atoms with E-state index in [0.717, 1.165) is 24.9 Å². The van der Waals surface area contributed by atoms with Gasteiger partial charge in [0.2, 0.25) is 11.7 Å². The predicted octanol–water partition coefficient (Wildman–Crippen LogP) is 1.46. The maximum atomic E-state index is 14.0. The number of hydrogen-bond acceptors (Lipinski definition) is 9. The first-order valence-corrected chi connectivity index (χ1v) is 13.6. The molecular formula is C29H41N3O7. The lowest BCUT2D eigenvalue weighted by Crippen LogP contribution is -2.73. The average molecular weight is 544 g/mol. The number of phenols is 1. The highest BCUT2D eigenvalue weighted by molar-refractivity contribution is 6.21. The molecule has 10 heteroatoms. The molecule has 0 saturated heterocycles. The topological polar surface area (TPSA) is 165 Å². The van der Waals surface area contributed by atoms with E-state index >= 15 is 0 Å². The first kappa shape index (κ1) is 29.0. The van der Waals surface area contributed by atoms with E-state index in [1.807, 2.05) is 25.1 Å². The summed E-state index contributed by atoms with van der Waals surface area (Å²) in [6, 6.07) is 0.992. The second-order valence-electron chi connectivity index (χ2n) is 12.0. The van der Waals surface area contributed by atoms with Crippen molar-refractivity contribution in [1.29, 1.82) is 0 Å². The molecular weight excluding hydrogens is 502 g/mol. The minimum Gasteiger partial charge on any atom is -0.507 e. The number of carbonyl (C=O) groups is 3. The number of likely N-dealkylation sites (N-methyl/N-ethyl adjacent to an activating group) is 1. The third-order valence-electron chi connectivity index (χ3n) is 8.87. The van der Waals surface area contributed by atoms with Crippen molar-refractivity contribution < 1.29 is 34.8 Å². The van der Waals surface area contributed by atoms with E-state index in [2.05, 4.69) is 6.92 Å². The van der Waals surface area contributed by atoms with E-state index in [-0.39, 0.29) is 29.7 Å². The molecule has 0 heterocycles. The Kier molecular flexibility index (Phi) is 7.61. The number of amides is 1. The van der Waals surface area contributed by atoms with Crippen molar-refractivity contribution in [2.45, 2.75) is 75.5 Å². The molecule has 0 bridgehead atoms. The number of aliphatic hydroxyl groups is 3. The molecule has 1 aromatic rings. The van der Waals surface area contributed by atoms with Crippen LogP contribution in [-0.2, 0) is 27.2 Å². The Labute approximate surface area is 229 Å². The van der Waals surface area contributed by atoms with Crippen LogP contribution < -0.4 is 10.6 Å². The van der Waals surface area contributed by atoms with Crippen molar-refractivity contribution >= 4 is 28.9 Å². The van der Waals surface area contributed by atoms with Crippen LogP contribution in [0.3, 0.4) is 0 Å². The first-order valence-electron chi connectivity index (χ1n) is 13.6. The van der Waals surface area contributed by atoms with Crippen LogP contribution in [0, 0.1) is 11.8 Å². The van der Waals surface area contributed by atoms with Gasteiger partial charge in [-0.3, -0.25) is 14.4 Å². The average Bonchev–Trinajstić information content (AvgIpc) is 2.81. The lowest BCUT2D eigenvalue weighted by atomic mass is 9.53. The largest absolute Gasteiger partial charge is 0.507 e. The molecule has 2 saturated carbocycles. The number of Topliss-reactive ketones (excluding diaryl/α,β-unsaturated/α-hetero) is 2. The number of aromatic hydroxyl groups is 1. The number of nitrogens with zero attached hydrogens (tertiary/aromatic N) is 2.